The molecule has 0 saturated carbocycles. The van der Waals surface area contributed by atoms with E-state index in [0.717, 1.165) is 17.5 Å². The van der Waals surface area contributed by atoms with Gasteiger partial charge in [-0.25, -0.2) is 4.79 Å². The Morgan fingerprint density at radius 2 is 1.92 bits per heavy atom. The minimum atomic E-state index is -0.966. The van der Waals surface area contributed by atoms with Crippen LogP contribution in [0.1, 0.15) is 50.3 Å². The Morgan fingerprint density at radius 1 is 1.28 bits per heavy atom. The zero-order valence-electron chi connectivity index (χ0n) is 15.0. The molecule has 2 amide bonds. The minimum Gasteiger partial charge on any atom is -0.480 e. The molecular weight excluding hydrogens is 320 g/mol. The molecule has 1 aliphatic rings. The van der Waals surface area contributed by atoms with Gasteiger partial charge >= 0.3 is 5.97 Å². The molecule has 2 N–H and O–H groups in total. The van der Waals surface area contributed by atoms with Crippen LogP contribution in [-0.2, 0) is 14.4 Å². The number of carboxylic acid groups (broad SMARTS) is 1. The van der Waals surface area contributed by atoms with Crippen LogP contribution in [0.3, 0.4) is 0 Å². The molecule has 136 valence electrons. The Morgan fingerprint density at radius 3 is 2.48 bits per heavy atom. The standard InChI is InChI=1S/C19H26N2O4/c1-12-4-6-15(7-5-12)16(20-14(3)22)11-18(23)21-9-8-13(2)10-17(21)19(24)25/h4-7,13,16-17H,8-11H2,1-3H3,(H,20,22)(H,24,25). The van der Waals surface area contributed by atoms with E-state index in [1.165, 1.54) is 11.8 Å². The second-order valence-corrected chi connectivity index (χ2v) is 6.94. The van der Waals surface area contributed by atoms with Crippen molar-refractivity contribution < 1.29 is 19.5 Å². The summed E-state index contributed by atoms with van der Waals surface area (Å²) in [6.07, 6.45) is 1.32. The van der Waals surface area contributed by atoms with Gasteiger partial charge in [0.2, 0.25) is 11.8 Å². The highest BCUT2D eigenvalue weighted by Gasteiger charge is 2.35. The molecule has 3 atom stereocenters. The SMILES string of the molecule is CC(=O)NC(CC(=O)N1CCC(C)CC1C(=O)O)c1ccc(C)cc1. The number of hydrogen-bond acceptors (Lipinski definition) is 3. The lowest BCUT2D eigenvalue weighted by Crippen LogP contribution is -2.50. The first kappa shape index (κ1) is 19.0. The van der Waals surface area contributed by atoms with E-state index in [1.54, 1.807) is 0 Å². The van der Waals surface area contributed by atoms with Gasteiger partial charge in [-0.05, 0) is 31.2 Å². The molecule has 1 aliphatic heterocycles. The summed E-state index contributed by atoms with van der Waals surface area (Å²) in [5, 5.41) is 12.2. The highest BCUT2D eigenvalue weighted by atomic mass is 16.4. The highest BCUT2D eigenvalue weighted by molar-refractivity contribution is 5.85. The molecule has 0 aliphatic carbocycles. The third kappa shape index (κ3) is 5.05. The van der Waals surface area contributed by atoms with Crippen molar-refractivity contribution in [3.8, 4) is 0 Å². The fourth-order valence-electron chi connectivity index (χ4n) is 3.26. The Kier molecular flexibility index (Phi) is 6.17. The molecule has 0 spiro atoms. The Balaban J connectivity index is 2.16. The van der Waals surface area contributed by atoms with Crippen LogP contribution in [0.4, 0.5) is 0 Å². The number of carbonyl (C=O) groups excluding carboxylic acids is 2. The lowest BCUT2D eigenvalue weighted by Gasteiger charge is -2.36. The number of likely N-dealkylation sites (tertiary alicyclic amines) is 1. The second-order valence-electron chi connectivity index (χ2n) is 6.94. The molecule has 1 aromatic rings. The van der Waals surface area contributed by atoms with Crippen molar-refractivity contribution in [1.29, 1.82) is 0 Å². The number of nitrogens with zero attached hydrogens (tertiary/aromatic N) is 1. The van der Waals surface area contributed by atoms with Crippen LogP contribution in [0.5, 0.6) is 0 Å². The number of carboxylic acids is 1. The summed E-state index contributed by atoms with van der Waals surface area (Å²) in [6.45, 7) is 5.82. The number of piperidine rings is 1. The smallest absolute Gasteiger partial charge is 0.326 e. The normalized spacial score (nSPS) is 21.5. The Hall–Kier alpha value is -2.37. The maximum atomic E-state index is 12.8. The van der Waals surface area contributed by atoms with Crippen molar-refractivity contribution in [2.75, 3.05) is 6.54 Å². The van der Waals surface area contributed by atoms with E-state index >= 15 is 0 Å². The molecule has 25 heavy (non-hydrogen) atoms. The van der Waals surface area contributed by atoms with Crippen LogP contribution in [0.25, 0.3) is 0 Å². The van der Waals surface area contributed by atoms with E-state index in [9.17, 15) is 19.5 Å². The number of benzene rings is 1. The van der Waals surface area contributed by atoms with Crippen LogP contribution >= 0.6 is 0 Å². The van der Waals surface area contributed by atoms with Gasteiger partial charge in [-0.3, -0.25) is 9.59 Å². The maximum absolute atomic E-state index is 12.8. The predicted octanol–water partition coefficient (Wildman–Crippen LogP) is 2.27. The fourth-order valence-corrected chi connectivity index (χ4v) is 3.26. The summed E-state index contributed by atoms with van der Waals surface area (Å²) in [4.78, 5) is 37.3. The molecule has 1 heterocycles. The maximum Gasteiger partial charge on any atom is 0.326 e. The first-order chi connectivity index (χ1) is 11.8. The molecule has 1 aromatic carbocycles. The molecule has 0 bridgehead atoms. The zero-order chi connectivity index (χ0) is 18.6. The molecule has 6 heteroatoms. The van der Waals surface area contributed by atoms with Crippen LogP contribution < -0.4 is 5.32 Å². The molecule has 1 saturated heterocycles. The second kappa shape index (κ2) is 8.14. The van der Waals surface area contributed by atoms with Crippen molar-refractivity contribution in [2.24, 2.45) is 5.92 Å². The van der Waals surface area contributed by atoms with Gasteiger partial charge in [0, 0.05) is 13.5 Å². The van der Waals surface area contributed by atoms with E-state index in [0.29, 0.717) is 13.0 Å². The van der Waals surface area contributed by atoms with Crippen molar-refractivity contribution in [3.05, 3.63) is 35.4 Å². The van der Waals surface area contributed by atoms with Gasteiger partial charge in [0.1, 0.15) is 6.04 Å². The summed E-state index contributed by atoms with van der Waals surface area (Å²) in [7, 11) is 0. The number of carbonyl (C=O) groups is 3. The summed E-state index contributed by atoms with van der Waals surface area (Å²) in [5.41, 5.74) is 1.93. The number of hydrogen-bond donors (Lipinski definition) is 2. The van der Waals surface area contributed by atoms with Gasteiger partial charge in [-0.1, -0.05) is 36.8 Å². The minimum absolute atomic E-state index is 0.0564. The molecule has 1 fully saturated rings. The van der Waals surface area contributed by atoms with E-state index in [4.69, 9.17) is 0 Å². The van der Waals surface area contributed by atoms with Crippen molar-refractivity contribution >= 4 is 17.8 Å². The Bertz CT molecular complexity index is 641. The lowest BCUT2D eigenvalue weighted by atomic mass is 9.91. The van der Waals surface area contributed by atoms with Crippen molar-refractivity contribution in [3.63, 3.8) is 0 Å². The predicted molar refractivity (Wildman–Crippen MR) is 93.9 cm³/mol. The van der Waals surface area contributed by atoms with Gasteiger partial charge in [0.25, 0.3) is 0 Å². The summed E-state index contributed by atoms with van der Waals surface area (Å²) < 4.78 is 0. The van der Waals surface area contributed by atoms with Crippen LogP contribution in [-0.4, -0.2) is 40.4 Å². The third-order valence-corrected chi connectivity index (χ3v) is 4.71. The zero-order valence-corrected chi connectivity index (χ0v) is 15.0. The molecule has 6 nitrogen and oxygen atoms in total. The first-order valence-corrected chi connectivity index (χ1v) is 8.64. The average molecular weight is 346 g/mol. The van der Waals surface area contributed by atoms with Crippen LogP contribution in [0.15, 0.2) is 24.3 Å². The summed E-state index contributed by atoms with van der Waals surface area (Å²) >= 11 is 0. The number of rotatable bonds is 5. The molecule has 3 unspecified atom stereocenters. The monoisotopic (exact) mass is 346 g/mol. The molecule has 0 radical (unpaired) electrons. The van der Waals surface area contributed by atoms with Crippen LogP contribution in [0.2, 0.25) is 0 Å². The Labute approximate surface area is 148 Å². The first-order valence-electron chi connectivity index (χ1n) is 8.64. The number of aliphatic carboxylic acids is 1. The quantitative estimate of drug-likeness (QED) is 0.856. The van der Waals surface area contributed by atoms with Crippen molar-refractivity contribution in [1.82, 2.24) is 10.2 Å². The molecule has 0 aromatic heterocycles. The van der Waals surface area contributed by atoms with Gasteiger partial charge in [-0.2, -0.15) is 0 Å². The van der Waals surface area contributed by atoms with E-state index < -0.39 is 18.1 Å². The largest absolute Gasteiger partial charge is 0.480 e. The average Bonchev–Trinajstić information content (AvgIpc) is 2.54. The number of nitrogens with one attached hydrogen (secondary N) is 1. The van der Waals surface area contributed by atoms with Gasteiger partial charge in [-0.15, -0.1) is 0 Å². The van der Waals surface area contributed by atoms with Gasteiger partial charge in [0.05, 0.1) is 12.5 Å². The highest BCUT2D eigenvalue weighted by Crippen LogP contribution is 2.26. The van der Waals surface area contributed by atoms with Crippen LogP contribution in [0, 0.1) is 12.8 Å². The van der Waals surface area contributed by atoms with Gasteiger partial charge < -0.3 is 15.3 Å². The topological polar surface area (TPSA) is 86.7 Å². The number of amides is 2. The fraction of sp³-hybridized carbons (Fsp3) is 0.526. The van der Waals surface area contributed by atoms with E-state index in [2.05, 4.69) is 5.32 Å². The number of aryl methyl sites for hydroxylation is 1. The molecule has 2 rings (SSSR count). The summed E-state index contributed by atoms with van der Waals surface area (Å²) in [6, 6.07) is 6.38. The van der Waals surface area contributed by atoms with E-state index in [1.807, 2.05) is 38.1 Å². The van der Waals surface area contributed by atoms with Crippen molar-refractivity contribution in [2.45, 2.75) is 52.1 Å². The van der Waals surface area contributed by atoms with Gasteiger partial charge in [0.15, 0.2) is 0 Å². The van der Waals surface area contributed by atoms with E-state index in [-0.39, 0.29) is 24.2 Å². The third-order valence-electron chi connectivity index (χ3n) is 4.71. The molecular formula is C19H26N2O4. The lowest BCUT2D eigenvalue weighted by molar-refractivity contribution is -0.153. The summed E-state index contributed by atoms with van der Waals surface area (Å²) in [5.74, 6) is -1.14.